The number of hydrogen-bond donors (Lipinski definition) is 2. The number of carbonyl (C=O) groups excluding carboxylic acids is 1. The van der Waals surface area contributed by atoms with Crippen molar-refractivity contribution in [1.29, 1.82) is 0 Å². The molecule has 9 heteroatoms. The van der Waals surface area contributed by atoms with Crippen molar-refractivity contribution in [2.45, 2.75) is 25.0 Å². The zero-order chi connectivity index (χ0) is 18.4. The number of benzene rings is 1. The van der Waals surface area contributed by atoms with E-state index in [4.69, 9.17) is 4.74 Å². The molecule has 0 saturated carbocycles. The van der Waals surface area contributed by atoms with Gasteiger partial charge in [-0.2, -0.15) is 0 Å². The molecule has 1 amide bonds. The van der Waals surface area contributed by atoms with Gasteiger partial charge in [0, 0.05) is 31.0 Å². The molecule has 1 aliphatic rings. The Kier molecular flexibility index (Phi) is 6.35. The average Bonchev–Trinajstić information content (AvgIpc) is 3.02. The van der Waals surface area contributed by atoms with Crippen molar-refractivity contribution in [3.8, 4) is 0 Å². The van der Waals surface area contributed by atoms with Gasteiger partial charge in [0.25, 0.3) is 0 Å². The van der Waals surface area contributed by atoms with Gasteiger partial charge in [-0.3, -0.25) is 9.36 Å². The molecule has 1 aromatic heterocycles. The lowest BCUT2D eigenvalue weighted by molar-refractivity contribution is -0.113. The first-order valence-electron chi connectivity index (χ1n) is 8.68. The van der Waals surface area contributed by atoms with E-state index >= 15 is 0 Å². The highest BCUT2D eigenvalue weighted by atomic mass is 32.2. The second kappa shape index (κ2) is 8.91. The van der Waals surface area contributed by atoms with Crippen LogP contribution in [0.3, 0.4) is 0 Å². The van der Waals surface area contributed by atoms with Crippen molar-refractivity contribution < 1.29 is 9.53 Å². The number of rotatable bonds is 7. The lowest BCUT2D eigenvalue weighted by Gasteiger charge is -2.28. The predicted octanol–water partition coefficient (Wildman–Crippen LogP) is 1.55. The Morgan fingerprint density at radius 3 is 2.73 bits per heavy atom. The van der Waals surface area contributed by atoms with Gasteiger partial charge in [-0.15, -0.1) is 5.10 Å². The zero-order valence-electron chi connectivity index (χ0n) is 14.7. The van der Waals surface area contributed by atoms with Gasteiger partial charge < -0.3 is 15.0 Å². The summed E-state index contributed by atoms with van der Waals surface area (Å²) in [6.07, 6.45) is 0.828. The fourth-order valence-electron chi connectivity index (χ4n) is 2.74. The van der Waals surface area contributed by atoms with Crippen LogP contribution in [-0.4, -0.2) is 52.7 Å². The van der Waals surface area contributed by atoms with Gasteiger partial charge >= 0.3 is 5.69 Å². The summed E-state index contributed by atoms with van der Waals surface area (Å²) < 4.78 is 6.91. The van der Waals surface area contributed by atoms with Crippen LogP contribution in [0.1, 0.15) is 13.3 Å². The predicted molar refractivity (Wildman–Crippen MR) is 102 cm³/mol. The number of carbonyl (C=O) groups is 1. The van der Waals surface area contributed by atoms with Crippen molar-refractivity contribution in [2.24, 2.45) is 0 Å². The molecule has 3 rings (SSSR count). The summed E-state index contributed by atoms with van der Waals surface area (Å²) in [5.41, 5.74) is 1.63. The molecule has 0 bridgehead atoms. The van der Waals surface area contributed by atoms with Crippen LogP contribution >= 0.6 is 11.8 Å². The fourth-order valence-corrected chi connectivity index (χ4v) is 3.51. The second-order valence-electron chi connectivity index (χ2n) is 5.95. The van der Waals surface area contributed by atoms with Crippen LogP contribution in [0.25, 0.3) is 0 Å². The minimum atomic E-state index is -0.242. The SMILES string of the molecule is CCCn1c(SCC(=O)Nc2ccc(N3CCOCC3)cc2)n[nH]c1=O. The lowest BCUT2D eigenvalue weighted by atomic mass is 10.2. The van der Waals surface area contributed by atoms with E-state index in [0.717, 1.165) is 44.1 Å². The second-order valence-corrected chi connectivity index (χ2v) is 6.89. The van der Waals surface area contributed by atoms with E-state index in [1.807, 2.05) is 31.2 Å². The van der Waals surface area contributed by atoms with Crippen LogP contribution < -0.4 is 15.9 Å². The topological polar surface area (TPSA) is 92.2 Å². The van der Waals surface area contributed by atoms with E-state index in [-0.39, 0.29) is 17.3 Å². The van der Waals surface area contributed by atoms with Crippen molar-refractivity contribution in [1.82, 2.24) is 14.8 Å². The number of thioether (sulfide) groups is 1. The number of nitrogens with one attached hydrogen (secondary N) is 2. The molecule has 2 heterocycles. The maximum atomic E-state index is 12.2. The molecule has 0 radical (unpaired) electrons. The number of hydrogen-bond acceptors (Lipinski definition) is 6. The largest absolute Gasteiger partial charge is 0.378 e. The molecule has 1 saturated heterocycles. The Morgan fingerprint density at radius 2 is 2.04 bits per heavy atom. The molecular weight excluding hydrogens is 354 g/mol. The number of aromatic nitrogens is 3. The number of morpholine rings is 1. The molecular formula is C17H23N5O3S. The van der Waals surface area contributed by atoms with Crippen LogP contribution in [-0.2, 0) is 16.1 Å². The van der Waals surface area contributed by atoms with Crippen molar-refractivity contribution in [3.05, 3.63) is 34.7 Å². The monoisotopic (exact) mass is 377 g/mol. The van der Waals surface area contributed by atoms with E-state index in [0.29, 0.717) is 11.7 Å². The van der Waals surface area contributed by atoms with E-state index in [2.05, 4.69) is 20.4 Å². The van der Waals surface area contributed by atoms with E-state index in [9.17, 15) is 9.59 Å². The Labute approximate surface area is 155 Å². The quantitative estimate of drug-likeness (QED) is 0.712. The number of aromatic amines is 1. The molecule has 140 valence electrons. The maximum absolute atomic E-state index is 12.2. The summed E-state index contributed by atoms with van der Waals surface area (Å²) >= 11 is 1.25. The first kappa shape index (κ1) is 18.5. The van der Waals surface area contributed by atoms with Crippen LogP contribution in [0.15, 0.2) is 34.2 Å². The number of H-pyrrole nitrogens is 1. The molecule has 0 spiro atoms. The smallest absolute Gasteiger partial charge is 0.343 e. The number of anilines is 2. The number of amides is 1. The number of ether oxygens (including phenoxy) is 1. The summed E-state index contributed by atoms with van der Waals surface area (Å²) in [5.74, 6) is 0.0618. The molecule has 1 aromatic carbocycles. The van der Waals surface area contributed by atoms with Gasteiger partial charge in [0.2, 0.25) is 5.91 Å². The van der Waals surface area contributed by atoms with Crippen LogP contribution in [0.4, 0.5) is 11.4 Å². The Morgan fingerprint density at radius 1 is 1.31 bits per heavy atom. The summed E-state index contributed by atoms with van der Waals surface area (Å²) in [7, 11) is 0. The molecule has 2 aromatic rings. The van der Waals surface area contributed by atoms with E-state index in [1.165, 1.54) is 11.8 Å². The third-order valence-electron chi connectivity index (χ3n) is 4.03. The first-order valence-corrected chi connectivity index (χ1v) is 9.66. The van der Waals surface area contributed by atoms with Crippen molar-refractivity contribution in [2.75, 3.05) is 42.3 Å². The summed E-state index contributed by atoms with van der Waals surface area (Å²) in [6.45, 7) is 5.82. The molecule has 1 fully saturated rings. The standard InChI is InChI=1S/C17H23N5O3S/c1-2-7-22-16(24)19-20-17(22)26-12-15(23)18-13-3-5-14(6-4-13)21-8-10-25-11-9-21/h3-6H,2,7-12H2,1H3,(H,18,23)(H,19,24). The fraction of sp³-hybridized carbons (Fsp3) is 0.471. The van der Waals surface area contributed by atoms with Crippen LogP contribution in [0.5, 0.6) is 0 Å². The Balaban J connectivity index is 1.52. The molecule has 0 atom stereocenters. The van der Waals surface area contributed by atoms with E-state index < -0.39 is 0 Å². The summed E-state index contributed by atoms with van der Waals surface area (Å²) in [5, 5.41) is 9.80. The van der Waals surface area contributed by atoms with Gasteiger partial charge in [0.05, 0.1) is 19.0 Å². The third kappa shape index (κ3) is 4.67. The minimum Gasteiger partial charge on any atom is -0.378 e. The minimum absolute atomic E-state index is 0.132. The van der Waals surface area contributed by atoms with Gasteiger partial charge in [0.1, 0.15) is 0 Å². The molecule has 26 heavy (non-hydrogen) atoms. The highest BCUT2D eigenvalue weighted by molar-refractivity contribution is 7.99. The van der Waals surface area contributed by atoms with Crippen molar-refractivity contribution >= 4 is 29.0 Å². The Hall–Kier alpha value is -2.26. The number of nitrogens with zero attached hydrogens (tertiary/aromatic N) is 3. The highest BCUT2D eigenvalue weighted by Gasteiger charge is 2.13. The maximum Gasteiger partial charge on any atom is 0.343 e. The molecule has 2 N–H and O–H groups in total. The van der Waals surface area contributed by atoms with E-state index in [1.54, 1.807) is 4.57 Å². The normalized spacial score (nSPS) is 14.4. The molecule has 8 nitrogen and oxygen atoms in total. The highest BCUT2D eigenvalue weighted by Crippen LogP contribution is 2.20. The van der Waals surface area contributed by atoms with Crippen molar-refractivity contribution in [3.63, 3.8) is 0 Å². The summed E-state index contributed by atoms with van der Waals surface area (Å²) in [4.78, 5) is 26.1. The van der Waals surface area contributed by atoms with Gasteiger partial charge in [0.15, 0.2) is 5.16 Å². The first-order chi connectivity index (χ1) is 12.7. The molecule has 0 unspecified atom stereocenters. The van der Waals surface area contributed by atoms with Crippen LogP contribution in [0, 0.1) is 0 Å². The molecule has 0 aliphatic carbocycles. The average molecular weight is 377 g/mol. The van der Waals surface area contributed by atoms with Crippen LogP contribution in [0.2, 0.25) is 0 Å². The van der Waals surface area contributed by atoms with Gasteiger partial charge in [-0.25, -0.2) is 9.89 Å². The Bertz CT molecular complexity index is 780. The molecule has 1 aliphatic heterocycles. The third-order valence-corrected chi connectivity index (χ3v) is 5.01. The zero-order valence-corrected chi connectivity index (χ0v) is 15.6. The van der Waals surface area contributed by atoms with Gasteiger partial charge in [-0.1, -0.05) is 18.7 Å². The lowest BCUT2D eigenvalue weighted by Crippen LogP contribution is -2.36. The van der Waals surface area contributed by atoms with Gasteiger partial charge in [-0.05, 0) is 30.7 Å². The summed E-state index contributed by atoms with van der Waals surface area (Å²) in [6, 6.07) is 7.80.